The van der Waals surface area contributed by atoms with Crippen LogP contribution in [0.3, 0.4) is 0 Å². The van der Waals surface area contributed by atoms with E-state index in [1.165, 1.54) is 19.4 Å². The topological polar surface area (TPSA) is 156 Å². The summed E-state index contributed by atoms with van der Waals surface area (Å²) < 4.78 is 4.87. The van der Waals surface area contributed by atoms with Gasteiger partial charge in [-0.25, -0.2) is 9.89 Å². The van der Waals surface area contributed by atoms with Crippen LogP contribution in [0.2, 0.25) is 0 Å². The summed E-state index contributed by atoms with van der Waals surface area (Å²) in [6.07, 6.45) is 1.25. The van der Waals surface area contributed by atoms with Crippen LogP contribution in [0.15, 0.2) is 22.0 Å². The van der Waals surface area contributed by atoms with Crippen LogP contribution in [-0.4, -0.2) is 38.5 Å². The molecule has 0 atom stereocenters. The number of rotatable bonds is 5. The maximum absolute atomic E-state index is 11.1. The Morgan fingerprint density at radius 1 is 1.52 bits per heavy atom. The molecule has 0 saturated carbocycles. The lowest BCUT2D eigenvalue weighted by atomic mass is 10.2. The number of ether oxygens (including phenoxy) is 1. The second-order valence-electron chi connectivity index (χ2n) is 4.29. The molecule has 1 aromatic carbocycles. The van der Waals surface area contributed by atoms with Crippen molar-refractivity contribution in [1.82, 2.24) is 15.2 Å². The molecular weight excluding hydrogens is 308 g/mol. The van der Waals surface area contributed by atoms with Crippen LogP contribution in [0.5, 0.6) is 11.5 Å². The van der Waals surface area contributed by atoms with Crippen LogP contribution >= 0.6 is 0 Å². The van der Waals surface area contributed by atoms with Crippen molar-refractivity contribution >= 4 is 17.7 Å². The number of hydrogen-bond donors (Lipinski definition) is 3. The van der Waals surface area contributed by atoms with Crippen molar-refractivity contribution in [2.24, 2.45) is 5.10 Å². The number of nitrogens with zero attached hydrogens (tertiary/aromatic N) is 4. The Morgan fingerprint density at radius 3 is 2.91 bits per heavy atom. The number of aromatic nitrogens is 3. The van der Waals surface area contributed by atoms with Crippen molar-refractivity contribution < 1.29 is 14.8 Å². The smallest absolute Gasteiger partial charge is 0.363 e. The van der Waals surface area contributed by atoms with Gasteiger partial charge in [0.25, 0.3) is 0 Å². The molecule has 0 unspecified atom stereocenters. The third-order valence-electron chi connectivity index (χ3n) is 2.75. The zero-order valence-electron chi connectivity index (χ0n) is 12.1. The molecule has 0 aliphatic carbocycles. The summed E-state index contributed by atoms with van der Waals surface area (Å²) in [6.45, 7) is 1.61. The first kappa shape index (κ1) is 15.9. The van der Waals surface area contributed by atoms with Crippen LogP contribution < -0.4 is 15.9 Å². The number of aryl methyl sites for hydroxylation is 1. The van der Waals surface area contributed by atoms with Gasteiger partial charge in [-0.3, -0.25) is 15.5 Å². The van der Waals surface area contributed by atoms with Gasteiger partial charge in [0.15, 0.2) is 11.6 Å². The predicted molar refractivity (Wildman–Crippen MR) is 79.9 cm³/mol. The number of nitro benzene ring substituents is 1. The maximum Gasteiger partial charge on any atom is 0.363 e. The number of hydrogen-bond acceptors (Lipinski definition) is 9. The molecule has 23 heavy (non-hydrogen) atoms. The number of phenols is 1. The fourth-order valence-corrected chi connectivity index (χ4v) is 1.65. The SMILES string of the molecule is COc1cc(C=NNc2nc(=O)[nH]nc2C)cc([N+](=O)[O-])c1O. The van der Waals surface area contributed by atoms with E-state index in [1.54, 1.807) is 6.92 Å². The molecule has 0 fully saturated rings. The van der Waals surface area contributed by atoms with Gasteiger partial charge in [-0.05, 0) is 13.0 Å². The number of nitro groups is 1. The van der Waals surface area contributed by atoms with Crippen molar-refractivity contribution in [3.8, 4) is 11.5 Å². The zero-order chi connectivity index (χ0) is 17.0. The fraction of sp³-hybridized carbons (Fsp3) is 0.167. The zero-order valence-corrected chi connectivity index (χ0v) is 12.1. The minimum absolute atomic E-state index is 0.0622. The Bertz CT molecular complexity index is 831. The first-order valence-electron chi connectivity index (χ1n) is 6.20. The monoisotopic (exact) mass is 320 g/mol. The van der Waals surface area contributed by atoms with Gasteiger partial charge >= 0.3 is 11.4 Å². The van der Waals surface area contributed by atoms with E-state index in [4.69, 9.17) is 4.74 Å². The molecule has 2 aromatic rings. The quantitative estimate of drug-likeness (QED) is 0.409. The summed E-state index contributed by atoms with van der Waals surface area (Å²) in [7, 11) is 1.27. The standard InChI is InChI=1S/C12H12N6O5/c1-6-11(14-12(20)17-15-6)16-13-5-7-3-8(18(21)22)10(19)9(4-7)23-2/h3-5,19H,1-2H3,(H2,14,16,17,20). The first-order chi connectivity index (χ1) is 10.9. The number of methoxy groups -OCH3 is 1. The Balaban J connectivity index is 2.29. The highest BCUT2D eigenvalue weighted by atomic mass is 16.6. The lowest BCUT2D eigenvalue weighted by molar-refractivity contribution is -0.386. The van der Waals surface area contributed by atoms with Crippen LogP contribution in [0, 0.1) is 17.0 Å². The fourth-order valence-electron chi connectivity index (χ4n) is 1.65. The van der Waals surface area contributed by atoms with Crippen molar-refractivity contribution in [3.05, 3.63) is 44.0 Å². The number of aromatic hydroxyl groups is 1. The van der Waals surface area contributed by atoms with E-state index >= 15 is 0 Å². The van der Waals surface area contributed by atoms with E-state index in [0.29, 0.717) is 11.3 Å². The Kier molecular flexibility index (Phi) is 4.50. The third-order valence-corrected chi connectivity index (χ3v) is 2.75. The van der Waals surface area contributed by atoms with Gasteiger partial charge in [0, 0.05) is 11.6 Å². The predicted octanol–water partition coefficient (Wildman–Crippen LogP) is 0.542. The molecule has 120 valence electrons. The number of phenolic OH excluding ortho intramolecular Hbond substituents is 1. The first-order valence-corrected chi connectivity index (χ1v) is 6.20. The second kappa shape index (κ2) is 6.51. The van der Waals surface area contributed by atoms with Gasteiger partial charge < -0.3 is 9.84 Å². The molecule has 2 rings (SSSR count). The van der Waals surface area contributed by atoms with Crippen molar-refractivity contribution in [2.45, 2.75) is 6.92 Å². The van der Waals surface area contributed by atoms with Crippen molar-refractivity contribution in [2.75, 3.05) is 12.5 Å². The number of nitrogens with one attached hydrogen (secondary N) is 2. The Morgan fingerprint density at radius 2 is 2.26 bits per heavy atom. The molecule has 0 aliphatic rings. The summed E-state index contributed by atoms with van der Waals surface area (Å²) in [5.74, 6) is -0.489. The molecule has 0 saturated heterocycles. The van der Waals surface area contributed by atoms with Crippen LogP contribution in [0.25, 0.3) is 0 Å². The van der Waals surface area contributed by atoms with Gasteiger partial charge in [0.1, 0.15) is 5.69 Å². The van der Waals surface area contributed by atoms with Gasteiger partial charge in [-0.15, -0.1) is 0 Å². The van der Waals surface area contributed by atoms with Crippen LogP contribution in [-0.2, 0) is 0 Å². The van der Waals surface area contributed by atoms with Gasteiger partial charge in [0.2, 0.25) is 5.75 Å². The largest absolute Gasteiger partial charge is 0.500 e. The van der Waals surface area contributed by atoms with Crippen molar-refractivity contribution in [3.63, 3.8) is 0 Å². The molecule has 3 N–H and O–H groups in total. The molecule has 0 radical (unpaired) electrons. The van der Waals surface area contributed by atoms with E-state index in [0.717, 1.165) is 6.07 Å². The Labute approximate surface area is 128 Å². The normalized spacial score (nSPS) is 10.7. The summed E-state index contributed by atoms with van der Waals surface area (Å²) in [4.78, 5) is 24.9. The average Bonchev–Trinajstić information content (AvgIpc) is 2.51. The molecule has 1 heterocycles. The second-order valence-corrected chi connectivity index (χ2v) is 4.29. The van der Waals surface area contributed by atoms with Crippen molar-refractivity contribution in [1.29, 1.82) is 0 Å². The highest BCUT2D eigenvalue weighted by Gasteiger charge is 2.19. The molecular formula is C12H12N6O5. The molecule has 0 aliphatic heterocycles. The molecule has 11 nitrogen and oxygen atoms in total. The lowest BCUT2D eigenvalue weighted by Gasteiger charge is -2.05. The minimum Gasteiger partial charge on any atom is -0.500 e. The van der Waals surface area contributed by atoms with E-state index in [9.17, 15) is 20.0 Å². The molecule has 11 heteroatoms. The highest BCUT2D eigenvalue weighted by molar-refractivity contribution is 5.83. The maximum atomic E-state index is 11.1. The van der Waals surface area contributed by atoms with Gasteiger partial charge in [-0.2, -0.15) is 15.2 Å². The third kappa shape index (κ3) is 3.58. The average molecular weight is 320 g/mol. The van der Waals surface area contributed by atoms with Gasteiger partial charge in [0.05, 0.1) is 18.2 Å². The summed E-state index contributed by atoms with van der Waals surface area (Å²) >= 11 is 0. The lowest BCUT2D eigenvalue weighted by Crippen LogP contribution is -2.15. The molecule has 0 bridgehead atoms. The van der Waals surface area contributed by atoms with Crippen LogP contribution in [0.4, 0.5) is 11.5 Å². The number of aromatic amines is 1. The van der Waals surface area contributed by atoms with Gasteiger partial charge in [-0.1, -0.05) is 0 Å². The van der Waals surface area contributed by atoms with E-state index in [2.05, 4.69) is 25.7 Å². The van der Waals surface area contributed by atoms with E-state index in [-0.39, 0.29) is 11.6 Å². The molecule has 0 amide bonds. The summed E-state index contributed by atoms with van der Waals surface area (Å²) in [5, 5.41) is 30.3. The molecule has 0 spiro atoms. The molecule has 1 aromatic heterocycles. The summed E-state index contributed by atoms with van der Waals surface area (Å²) in [6, 6.07) is 2.49. The van der Waals surface area contributed by atoms with Crippen LogP contribution in [0.1, 0.15) is 11.3 Å². The van der Waals surface area contributed by atoms with E-state index in [1.807, 2.05) is 0 Å². The minimum atomic E-state index is -0.741. The Hall–Kier alpha value is -3.50. The number of hydrazone groups is 1. The number of H-pyrrole nitrogens is 1. The van der Waals surface area contributed by atoms with E-state index < -0.39 is 22.0 Å². The number of anilines is 1. The summed E-state index contributed by atoms with van der Waals surface area (Å²) in [5.41, 5.74) is 2.06. The number of benzene rings is 1. The highest BCUT2D eigenvalue weighted by Crippen LogP contribution is 2.36.